The molecule has 2 rings (SSSR count). The van der Waals surface area contributed by atoms with Gasteiger partial charge in [-0.3, -0.25) is 4.72 Å². The number of methoxy groups -OCH3 is 1. The van der Waals surface area contributed by atoms with Crippen molar-refractivity contribution in [3.63, 3.8) is 0 Å². The van der Waals surface area contributed by atoms with E-state index >= 15 is 0 Å². The van der Waals surface area contributed by atoms with Crippen LogP contribution in [-0.4, -0.2) is 26.2 Å². The van der Waals surface area contributed by atoms with Gasteiger partial charge in [0.05, 0.1) is 12.7 Å². The van der Waals surface area contributed by atoms with Crippen LogP contribution in [0.15, 0.2) is 23.1 Å². The normalized spacial score (nSPS) is 15.9. The van der Waals surface area contributed by atoms with Crippen molar-refractivity contribution >= 4 is 23.6 Å². The van der Waals surface area contributed by atoms with E-state index in [1.165, 1.54) is 51.2 Å². The molecule has 0 aromatic heterocycles. The lowest BCUT2D eigenvalue weighted by molar-refractivity contribution is 0.0601. The summed E-state index contributed by atoms with van der Waals surface area (Å²) >= 11 is 1.49. The molecule has 1 aliphatic rings. The summed E-state index contributed by atoms with van der Waals surface area (Å²) in [5.74, 6) is -0.290. The molecule has 2 N–H and O–H groups in total. The van der Waals surface area contributed by atoms with E-state index in [1.54, 1.807) is 0 Å². The topological polar surface area (TPSA) is 50.4 Å². The van der Waals surface area contributed by atoms with Gasteiger partial charge in [-0.05, 0) is 50.0 Å². The Hall–Kier alpha value is -1.20. The molecule has 0 atom stereocenters. The molecule has 0 radical (unpaired) electrons. The third-order valence-electron chi connectivity index (χ3n) is 3.58. The highest BCUT2D eigenvalue weighted by molar-refractivity contribution is 7.97. The lowest BCUT2D eigenvalue weighted by Crippen LogP contribution is -2.23. The van der Waals surface area contributed by atoms with Crippen molar-refractivity contribution in [1.29, 1.82) is 0 Å². The van der Waals surface area contributed by atoms with E-state index < -0.39 is 0 Å². The van der Waals surface area contributed by atoms with Crippen LogP contribution in [0, 0.1) is 0 Å². The fourth-order valence-electron chi connectivity index (χ4n) is 2.58. The number of esters is 1. The molecule has 20 heavy (non-hydrogen) atoms. The maximum absolute atomic E-state index is 11.9. The number of hydrogen-bond acceptors (Lipinski definition) is 5. The highest BCUT2D eigenvalue weighted by atomic mass is 32.2. The number of ether oxygens (including phenoxy) is 1. The largest absolute Gasteiger partial charge is 0.465 e. The lowest BCUT2D eigenvalue weighted by atomic mass is 9.95. The summed E-state index contributed by atoms with van der Waals surface area (Å²) in [6, 6.07) is 6.33. The number of rotatable bonds is 5. The van der Waals surface area contributed by atoms with E-state index in [2.05, 4.69) is 10.0 Å². The van der Waals surface area contributed by atoms with E-state index in [-0.39, 0.29) is 5.97 Å². The second-order valence-electron chi connectivity index (χ2n) is 4.98. The molecule has 0 heterocycles. The third-order valence-corrected chi connectivity index (χ3v) is 4.27. The van der Waals surface area contributed by atoms with Crippen LogP contribution in [0.4, 0.5) is 5.69 Å². The third kappa shape index (κ3) is 3.90. The van der Waals surface area contributed by atoms with Crippen LogP contribution in [0.5, 0.6) is 0 Å². The first-order chi connectivity index (χ1) is 9.74. The first kappa shape index (κ1) is 15.2. The molecule has 1 aromatic carbocycles. The second kappa shape index (κ2) is 7.55. The molecular formula is C15H22N2O2S. The Balaban J connectivity index is 2.18. The summed E-state index contributed by atoms with van der Waals surface area (Å²) in [6.45, 7) is 0. The zero-order valence-corrected chi connectivity index (χ0v) is 12.9. The van der Waals surface area contributed by atoms with Crippen molar-refractivity contribution in [3.05, 3.63) is 23.8 Å². The maximum Gasteiger partial charge on any atom is 0.340 e. The summed E-state index contributed by atoms with van der Waals surface area (Å²) in [5.41, 5.74) is 1.49. The van der Waals surface area contributed by atoms with E-state index in [0.717, 1.165) is 10.6 Å². The number of anilines is 1. The Labute approximate surface area is 124 Å². The minimum Gasteiger partial charge on any atom is -0.465 e. The number of nitrogens with one attached hydrogen (secondary N) is 2. The van der Waals surface area contributed by atoms with Crippen LogP contribution < -0.4 is 10.0 Å². The molecular weight excluding hydrogens is 272 g/mol. The molecule has 0 unspecified atom stereocenters. The first-order valence-corrected chi connectivity index (χ1v) is 7.88. The number of hydrogen-bond donors (Lipinski definition) is 2. The zero-order valence-electron chi connectivity index (χ0n) is 12.1. The molecule has 0 bridgehead atoms. The summed E-state index contributed by atoms with van der Waals surface area (Å²) in [7, 11) is 3.28. The Morgan fingerprint density at radius 3 is 2.70 bits per heavy atom. The smallest absolute Gasteiger partial charge is 0.340 e. The predicted molar refractivity (Wildman–Crippen MR) is 83.2 cm³/mol. The Morgan fingerprint density at radius 1 is 1.30 bits per heavy atom. The minimum atomic E-state index is -0.290. The molecule has 1 aliphatic carbocycles. The average Bonchev–Trinajstić information content (AvgIpc) is 2.49. The van der Waals surface area contributed by atoms with Crippen molar-refractivity contribution in [2.24, 2.45) is 0 Å². The van der Waals surface area contributed by atoms with Gasteiger partial charge in [0.2, 0.25) is 0 Å². The zero-order chi connectivity index (χ0) is 14.4. The van der Waals surface area contributed by atoms with Gasteiger partial charge in [0, 0.05) is 16.6 Å². The van der Waals surface area contributed by atoms with Gasteiger partial charge in [0.1, 0.15) is 0 Å². The van der Waals surface area contributed by atoms with Crippen LogP contribution in [-0.2, 0) is 4.74 Å². The molecule has 0 amide bonds. The first-order valence-electron chi connectivity index (χ1n) is 7.07. The molecule has 0 saturated heterocycles. The van der Waals surface area contributed by atoms with Crippen LogP contribution >= 0.6 is 11.9 Å². The molecule has 1 aromatic rings. The maximum atomic E-state index is 11.9. The molecule has 1 saturated carbocycles. The average molecular weight is 294 g/mol. The molecule has 0 aliphatic heterocycles. The molecule has 110 valence electrons. The van der Waals surface area contributed by atoms with Gasteiger partial charge in [-0.1, -0.05) is 19.3 Å². The summed E-state index contributed by atoms with van der Waals surface area (Å²) < 4.78 is 7.90. The van der Waals surface area contributed by atoms with Gasteiger partial charge in [-0.2, -0.15) is 0 Å². The van der Waals surface area contributed by atoms with E-state index in [4.69, 9.17) is 4.74 Å². The van der Waals surface area contributed by atoms with Crippen molar-refractivity contribution in [3.8, 4) is 0 Å². The van der Waals surface area contributed by atoms with Crippen molar-refractivity contribution in [2.45, 2.75) is 43.0 Å². The van der Waals surface area contributed by atoms with Crippen molar-refractivity contribution < 1.29 is 9.53 Å². The van der Waals surface area contributed by atoms with Gasteiger partial charge >= 0.3 is 5.97 Å². The van der Waals surface area contributed by atoms with Gasteiger partial charge in [-0.15, -0.1) is 0 Å². The quantitative estimate of drug-likeness (QED) is 0.643. The second-order valence-corrected chi connectivity index (χ2v) is 6.07. The van der Waals surface area contributed by atoms with Crippen molar-refractivity contribution in [1.82, 2.24) is 4.72 Å². The van der Waals surface area contributed by atoms with E-state index in [0.29, 0.717) is 11.6 Å². The van der Waals surface area contributed by atoms with Gasteiger partial charge < -0.3 is 10.1 Å². The molecule has 0 spiro atoms. The van der Waals surface area contributed by atoms with E-state index in [1.807, 2.05) is 25.2 Å². The predicted octanol–water partition coefficient (Wildman–Crippen LogP) is 3.44. The van der Waals surface area contributed by atoms with Crippen LogP contribution in [0.2, 0.25) is 0 Å². The van der Waals surface area contributed by atoms with E-state index in [9.17, 15) is 4.79 Å². The SMILES string of the molecule is CNSc1ccc(NC2CCCCC2)c(C(=O)OC)c1. The highest BCUT2D eigenvalue weighted by Crippen LogP contribution is 2.27. The van der Waals surface area contributed by atoms with Crippen LogP contribution in [0.3, 0.4) is 0 Å². The molecule has 1 fully saturated rings. The van der Waals surface area contributed by atoms with Crippen LogP contribution in [0.25, 0.3) is 0 Å². The number of carbonyl (C=O) groups excluding carboxylic acids is 1. The van der Waals surface area contributed by atoms with Crippen molar-refractivity contribution in [2.75, 3.05) is 19.5 Å². The fraction of sp³-hybridized carbons (Fsp3) is 0.533. The molecule has 4 nitrogen and oxygen atoms in total. The summed E-state index contributed by atoms with van der Waals surface area (Å²) in [4.78, 5) is 12.9. The van der Waals surface area contributed by atoms with Gasteiger partial charge in [-0.25, -0.2) is 4.79 Å². The minimum absolute atomic E-state index is 0.290. The Morgan fingerprint density at radius 2 is 2.05 bits per heavy atom. The highest BCUT2D eigenvalue weighted by Gasteiger charge is 2.18. The summed E-state index contributed by atoms with van der Waals surface area (Å²) in [5, 5.41) is 3.50. The lowest BCUT2D eigenvalue weighted by Gasteiger charge is -2.25. The number of benzene rings is 1. The monoisotopic (exact) mass is 294 g/mol. The fourth-order valence-corrected chi connectivity index (χ4v) is 3.12. The Bertz CT molecular complexity index is 459. The van der Waals surface area contributed by atoms with Gasteiger partial charge in [0.25, 0.3) is 0 Å². The Kier molecular flexibility index (Phi) is 5.73. The molecule has 5 heteroatoms. The van der Waals surface area contributed by atoms with Gasteiger partial charge in [0.15, 0.2) is 0 Å². The summed E-state index contributed by atoms with van der Waals surface area (Å²) in [6.07, 6.45) is 6.19. The number of carbonyl (C=O) groups is 1. The standard InChI is InChI=1S/C15H22N2O2S/c1-16-20-12-8-9-14(13(10-12)15(18)19-2)17-11-6-4-3-5-7-11/h8-11,16-17H,3-7H2,1-2H3. The van der Waals surface area contributed by atoms with Crippen LogP contribution in [0.1, 0.15) is 42.5 Å².